The molecule has 0 saturated heterocycles. The van der Waals surface area contributed by atoms with E-state index in [-0.39, 0.29) is 11.8 Å². The highest BCUT2D eigenvalue weighted by Crippen LogP contribution is 2.61. The van der Waals surface area contributed by atoms with Gasteiger partial charge in [0, 0.05) is 24.7 Å². The fourth-order valence-electron chi connectivity index (χ4n) is 5.62. The third-order valence-electron chi connectivity index (χ3n) is 6.50. The van der Waals surface area contributed by atoms with Gasteiger partial charge in [-0.2, -0.15) is 0 Å². The predicted molar refractivity (Wildman–Crippen MR) is 111 cm³/mol. The molecule has 0 spiro atoms. The van der Waals surface area contributed by atoms with Crippen LogP contribution in [0.15, 0.2) is 0 Å². The molecule has 0 heterocycles. The fraction of sp³-hybridized carbons (Fsp3) is 0.917. The standard InChI is InChI=1S/C15H24O.C7H14O.C2H6/c1-10(2)14(16)9-15-6-11-3-12(7-15)5-13(4-11)8-15;1-4-5-7(8)6(2)3;1-2/h10-13H,3-9H2,1-2H3;6H,4-5H2,1-3H3;1-2H3. The van der Waals surface area contributed by atoms with Gasteiger partial charge in [-0.05, 0) is 68.1 Å². The number of carbonyl (C=O) groups is 2. The first-order valence-corrected chi connectivity index (χ1v) is 11.3. The van der Waals surface area contributed by atoms with Gasteiger partial charge in [0.15, 0.2) is 0 Å². The minimum Gasteiger partial charge on any atom is -0.299 e. The maximum Gasteiger partial charge on any atom is 0.135 e. The van der Waals surface area contributed by atoms with E-state index in [0.29, 0.717) is 17.0 Å². The maximum atomic E-state index is 12.0. The van der Waals surface area contributed by atoms with E-state index in [4.69, 9.17) is 0 Å². The molecule has 0 radical (unpaired) electrons. The lowest BCUT2D eigenvalue weighted by atomic mass is 9.48. The lowest BCUT2D eigenvalue weighted by molar-refractivity contribution is -0.130. The number of hydrogen-bond donors (Lipinski definition) is 0. The van der Waals surface area contributed by atoms with Crippen molar-refractivity contribution in [1.82, 2.24) is 0 Å². The van der Waals surface area contributed by atoms with Crippen LogP contribution < -0.4 is 0 Å². The first-order valence-electron chi connectivity index (χ1n) is 11.3. The van der Waals surface area contributed by atoms with E-state index in [1.54, 1.807) is 0 Å². The molecule has 4 rings (SSSR count). The van der Waals surface area contributed by atoms with Crippen molar-refractivity contribution in [1.29, 1.82) is 0 Å². The molecule has 0 unspecified atom stereocenters. The van der Waals surface area contributed by atoms with E-state index in [1.165, 1.54) is 38.5 Å². The average molecular weight is 365 g/mol. The predicted octanol–water partition coefficient (Wildman–Crippen LogP) is 6.86. The van der Waals surface area contributed by atoms with Gasteiger partial charge in [-0.1, -0.05) is 48.5 Å². The summed E-state index contributed by atoms with van der Waals surface area (Å²) in [5.74, 6) is 4.31. The van der Waals surface area contributed by atoms with E-state index < -0.39 is 0 Å². The van der Waals surface area contributed by atoms with Crippen molar-refractivity contribution in [2.45, 2.75) is 106 Å². The number of Topliss-reactive ketones (excluding diaryl/α,β-unsaturated/α-hetero) is 2. The second-order valence-corrected chi connectivity index (χ2v) is 9.59. The highest BCUT2D eigenvalue weighted by Gasteiger charge is 2.51. The molecule has 26 heavy (non-hydrogen) atoms. The summed E-state index contributed by atoms with van der Waals surface area (Å²) in [6.07, 6.45) is 11.2. The molecule has 4 saturated carbocycles. The van der Waals surface area contributed by atoms with Crippen LogP contribution in [0, 0.1) is 35.0 Å². The quantitative estimate of drug-likeness (QED) is 0.516. The molecule has 4 bridgehead atoms. The van der Waals surface area contributed by atoms with E-state index in [0.717, 1.165) is 37.0 Å². The molecule has 0 amide bonds. The smallest absolute Gasteiger partial charge is 0.135 e. The summed E-state index contributed by atoms with van der Waals surface area (Å²) in [4.78, 5) is 22.8. The van der Waals surface area contributed by atoms with Crippen LogP contribution in [0.25, 0.3) is 0 Å². The molecule has 2 heteroatoms. The number of rotatable bonds is 6. The Morgan fingerprint density at radius 2 is 1.19 bits per heavy atom. The van der Waals surface area contributed by atoms with Gasteiger partial charge in [-0.25, -0.2) is 0 Å². The van der Waals surface area contributed by atoms with Crippen molar-refractivity contribution in [2.75, 3.05) is 0 Å². The lowest BCUT2D eigenvalue weighted by Gasteiger charge is -2.57. The van der Waals surface area contributed by atoms with Crippen molar-refractivity contribution in [3.8, 4) is 0 Å². The zero-order valence-corrected chi connectivity index (χ0v) is 18.6. The fourth-order valence-corrected chi connectivity index (χ4v) is 5.62. The molecule has 0 N–H and O–H groups in total. The molecule has 2 nitrogen and oxygen atoms in total. The average Bonchev–Trinajstić information content (AvgIpc) is 2.55. The molecular weight excluding hydrogens is 320 g/mol. The summed E-state index contributed by atoms with van der Waals surface area (Å²) in [6, 6.07) is 0. The third kappa shape index (κ3) is 6.50. The van der Waals surface area contributed by atoms with Gasteiger partial charge in [0.1, 0.15) is 11.6 Å². The van der Waals surface area contributed by atoms with E-state index in [9.17, 15) is 9.59 Å². The van der Waals surface area contributed by atoms with Crippen LogP contribution in [0.1, 0.15) is 106 Å². The molecule has 0 atom stereocenters. The zero-order chi connectivity index (χ0) is 19.9. The second kappa shape index (κ2) is 10.6. The monoisotopic (exact) mass is 364 g/mol. The Bertz CT molecular complexity index is 412. The van der Waals surface area contributed by atoms with Gasteiger partial charge in [-0.3, -0.25) is 9.59 Å². The van der Waals surface area contributed by atoms with Gasteiger partial charge < -0.3 is 0 Å². The molecule has 0 aromatic carbocycles. The summed E-state index contributed by atoms with van der Waals surface area (Å²) >= 11 is 0. The molecule has 0 aliphatic heterocycles. The lowest BCUT2D eigenvalue weighted by Crippen LogP contribution is -2.47. The van der Waals surface area contributed by atoms with Crippen molar-refractivity contribution in [2.24, 2.45) is 35.0 Å². The van der Waals surface area contributed by atoms with Crippen LogP contribution in [-0.4, -0.2) is 11.6 Å². The Morgan fingerprint density at radius 3 is 1.46 bits per heavy atom. The van der Waals surface area contributed by atoms with Crippen LogP contribution >= 0.6 is 0 Å². The normalized spacial score (nSPS) is 31.2. The summed E-state index contributed by atoms with van der Waals surface area (Å²) in [5.41, 5.74) is 0.454. The van der Waals surface area contributed by atoms with Crippen LogP contribution in [0.3, 0.4) is 0 Å². The van der Waals surface area contributed by atoms with Gasteiger partial charge >= 0.3 is 0 Å². The Kier molecular flexibility index (Phi) is 9.55. The molecule has 152 valence electrons. The van der Waals surface area contributed by atoms with Crippen molar-refractivity contribution >= 4 is 11.6 Å². The minimum absolute atomic E-state index is 0.231. The summed E-state index contributed by atoms with van der Waals surface area (Å²) in [6.45, 7) is 14.0. The number of hydrogen-bond acceptors (Lipinski definition) is 2. The largest absolute Gasteiger partial charge is 0.299 e. The number of carbonyl (C=O) groups excluding carboxylic acids is 2. The summed E-state index contributed by atoms with van der Waals surface area (Å²) in [7, 11) is 0. The first-order chi connectivity index (χ1) is 12.2. The van der Waals surface area contributed by atoms with Crippen molar-refractivity contribution < 1.29 is 9.59 Å². The molecule has 4 aliphatic rings. The highest BCUT2D eigenvalue weighted by molar-refractivity contribution is 5.81. The number of ketones is 2. The highest BCUT2D eigenvalue weighted by atomic mass is 16.1. The minimum atomic E-state index is 0.231. The van der Waals surface area contributed by atoms with Gasteiger partial charge in [0.05, 0.1) is 0 Å². The Balaban J connectivity index is 0.000000290. The summed E-state index contributed by atoms with van der Waals surface area (Å²) in [5, 5.41) is 0. The zero-order valence-electron chi connectivity index (χ0n) is 18.6. The van der Waals surface area contributed by atoms with Gasteiger partial charge in [0.25, 0.3) is 0 Å². The Hall–Kier alpha value is -0.660. The van der Waals surface area contributed by atoms with E-state index >= 15 is 0 Å². The van der Waals surface area contributed by atoms with Crippen LogP contribution in [-0.2, 0) is 9.59 Å². The van der Waals surface area contributed by atoms with Crippen molar-refractivity contribution in [3.05, 3.63) is 0 Å². The molecular formula is C24H44O2. The Morgan fingerprint density at radius 1 is 0.808 bits per heavy atom. The molecule has 0 aromatic rings. The van der Waals surface area contributed by atoms with Crippen LogP contribution in [0.4, 0.5) is 0 Å². The molecule has 4 fully saturated rings. The van der Waals surface area contributed by atoms with Crippen LogP contribution in [0.2, 0.25) is 0 Å². The maximum absolute atomic E-state index is 12.0. The van der Waals surface area contributed by atoms with Gasteiger partial charge in [0.2, 0.25) is 0 Å². The van der Waals surface area contributed by atoms with Gasteiger partial charge in [-0.15, -0.1) is 0 Å². The topological polar surface area (TPSA) is 34.1 Å². The molecule has 0 aromatic heterocycles. The van der Waals surface area contributed by atoms with E-state index in [2.05, 4.69) is 13.8 Å². The Labute approximate surface area is 162 Å². The first kappa shape index (κ1) is 23.4. The SMILES string of the molecule is CC.CC(C)C(=O)CC12CC3CC(CC(C3)C1)C2.CCCC(=O)C(C)C. The van der Waals surface area contributed by atoms with E-state index in [1.807, 2.05) is 34.6 Å². The molecule has 4 aliphatic carbocycles. The summed E-state index contributed by atoms with van der Waals surface area (Å²) < 4.78 is 0. The van der Waals surface area contributed by atoms with Crippen LogP contribution in [0.5, 0.6) is 0 Å². The third-order valence-corrected chi connectivity index (χ3v) is 6.50. The second-order valence-electron chi connectivity index (χ2n) is 9.59. The van der Waals surface area contributed by atoms with Crippen molar-refractivity contribution in [3.63, 3.8) is 0 Å².